The maximum atomic E-state index is 11.9. The molecule has 0 unspecified atom stereocenters. The molecule has 98 valence electrons. The molecule has 0 aromatic carbocycles. The predicted octanol–water partition coefficient (Wildman–Crippen LogP) is 1.21. The summed E-state index contributed by atoms with van der Waals surface area (Å²) in [6, 6.07) is 0. The first-order valence-electron chi connectivity index (χ1n) is 6.21. The fourth-order valence-corrected chi connectivity index (χ4v) is 2.45. The normalized spacial score (nSPS) is 15.5. The Balaban J connectivity index is 1.95. The minimum absolute atomic E-state index is 0.226. The molecule has 0 radical (unpaired) electrons. The van der Waals surface area contributed by atoms with Gasteiger partial charge in [0.25, 0.3) is 5.91 Å². The van der Waals surface area contributed by atoms with Gasteiger partial charge < -0.3 is 5.32 Å². The van der Waals surface area contributed by atoms with Crippen molar-refractivity contribution in [2.75, 3.05) is 18.4 Å². The molecule has 1 amide bonds. The molecule has 2 N–H and O–H groups in total. The number of hydrogen-bond donors (Lipinski definition) is 2. The Hall–Kier alpha value is -1.50. The van der Waals surface area contributed by atoms with Crippen LogP contribution in [0.2, 0.25) is 0 Å². The van der Waals surface area contributed by atoms with Crippen LogP contribution in [0.15, 0.2) is 4.99 Å². The first-order chi connectivity index (χ1) is 8.79. The molecule has 0 aliphatic carbocycles. The van der Waals surface area contributed by atoms with Gasteiger partial charge in [-0.3, -0.25) is 15.1 Å². The van der Waals surface area contributed by atoms with Crippen molar-refractivity contribution in [2.45, 2.75) is 32.6 Å². The van der Waals surface area contributed by atoms with Gasteiger partial charge in [-0.15, -0.1) is 10.2 Å². The van der Waals surface area contributed by atoms with E-state index in [-0.39, 0.29) is 5.91 Å². The Labute approximate surface area is 110 Å². The number of aliphatic imine (C=N–C) groups is 1. The Morgan fingerprint density at radius 3 is 3.17 bits per heavy atom. The molecule has 7 heteroatoms. The van der Waals surface area contributed by atoms with Crippen LogP contribution in [-0.2, 0) is 11.2 Å². The number of aryl methyl sites for hydroxylation is 1. The van der Waals surface area contributed by atoms with E-state index in [1.807, 2.05) is 0 Å². The van der Waals surface area contributed by atoms with E-state index in [9.17, 15) is 4.79 Å². The number of hydrogen-bond acceptors (Lipinski definition) is 6. The smallest absolute Gasteiger partial charge is 0.292 e. The van der Waals surface area contributed by atoms with Crippen LogP contribution in [0.4, 0.5) is 5.13 Å². The summed E-state index contributed by atoms with van der Waals surface area (Å²) in [5.74, 6) is 0.177. The van der Waals surface area contributed by atoms with Gasteiger partial charge in [0.15, 0.2) is 5.84 Å². The summed E-state index contributed by atoms with van der Waals surface area (Å²) >= 11 is 1.42. The Morgan fingerprint density at radius 1 is 1.44 bits per heavy atom. The zero-order chi connectivity index (χ0) is 12.8. The number of rotatable bonds is 4. The number of carbonyl (C=O) groups excluding carboxylic acids is 1. The van der Waals surface area contributed by atoms with Gasteiger partial charge in [-0.05, 0) is 19.3 Å². The highest BCUT2D eigenvalue weighted by molar-refractivity contribution is 7.15. The molecule has 2 rings (SSSR count). The molecule has 0 spiro atoms. The van der Waals surface area contributed by atoms with Crippen molar-refractivity contribution >= 4 is 28.2 Å². The molecule has 6 nitrogen and oxygen atoms in total. The first kappa shape index (κ1) is 12.9. The van der Waals surface area contributed by atoms with Crippen LogP contribution in [-0.4, -0.2) is 35.0 Å². The standard InChI is InChI=1S/C11H17N5OS/c1-2-5-8-15-16-11(18-8)14-10(17)9-12-6-3-4-7-13-9/h2-7H2,1H3,(H,12,13)(H,14,16,17). The second kappa shape index (κ2) is 6.44. The minimum atomic E-state index is -0.226. The van der Waals surface area contributed by atoms with Crippen LogP contribution >= 0.6 is 11.3 Å². The molecule has 1 aliphatic rings. The molecule has 18 heavy (non-hydrogen) atoms. The van der Waals surface area contributed by atoms with Crippen LogP contribution < -0.4 is 10.6 Å². The second-order valence-electron chi connectivity index (χ2n) is 4.07. The molecule has 1 aromatic heterocycles. The summed E-state index contributed by atoms with van der Waals surface area (Å²) in [5.41, 5.74) is 0. The van der Waals surface area contributed by atoms with Crippen molar-refractivity contribution in [3.8, 4) is 0 Å². The number of amides is 1. The maximum absolute atomic E-state index is 11.9. The Bertz CT molecular complexity index is 442. The van der Waals surface area contributed by atoms with Crippen molar-refractivity contribution in [1.29, 1.82) is 0 Å². The van der Waals surface area contributed by atoms with E-state index in [2.05, 4.69) is 32.7 Å². The zero-order valence-electron chi connectivity index (χ0n) is 10.4. The highest BCUT2D eigenvalue weighted by Crippen LogP contribution is 2.16. The molecule has 0 bridgehead atoms. The third kappa shape index (κ3) is 3.49. The Kier molecular flexibility index (Phi) is 4.63. The van der Waals surface area contributed by atoms with Gasteiger partial charge in [-0.1, -0.05) is 18.3 Å². The molecular weight excluding hydrogens is 250 g/mol. The van der Waals surface area contributed by atoms with E-state index in [1.165, 1.54) is 11.3 Å². The summed E-state index contributed by atoms with van der Waals surface area (Å²) in [4.78, 5) is 16.1. The SMILES string of the molecule is CCCc1nnc(NC(=O)C2=NCCCCN2)s1. The van der Waals surface area contributed by atoms with Crippen molar-refractivity contribution in [3.63, 3.8) is 0 Å². The monoisotopic (exact) mass is 267 g/mol. The third-order valence-corrected chi connectivity index (χ3v) is 3.41. The summed E-state index contributed by atoms with van der Waals surface area (Å²) in [6.45, 7) is 3.58. The fourth-order valence-electron chi connectivity index (χ4n) is 1.62. The minimum Gasteiger partial charge on any atom is -0.366 e. The van der Waals surface area contributed by atoms with Crippen LogP contribution in [0.1, 0.15) is 31.2 Å². The molecule has 1 aromatic rings. The van der Waals surface area contributed by atoms with E-state index in [1.54, 1.807) is 0 Å². The van der Waals surface area contributed by atoms with Gasteiger partial charge in [-0.25, -0.2) is 0 Å². The van der Waals surface area contributed by atoms with E-state index >= 15 is 0 Å². The maximum Gasteiger partial charge on any atom is 0.292 e. The summed E-state index contributed by atoms with van der Waals surface area (Å²) in [6.07, 6.45) is 3.98. The van der Waals surface area contributed by atoms with Crippen molar-refractivity contribution < 1.29 is 4.79 Å². The second-order valence-corrected chi connectivity index (χ2v) is 5.13. The molecular formula is C11H17N5OS. The van der Waals surface area contributed by atoms with Gasteiger partial charge in [0.1, 0.15) is 5.01 Å². The van der Waals surface area contributed by atoms with Crippen molar-refractivity contribution in [2.24, 2.45) is 4.99 Å². The van der Waals surface area contributed by atoms with Gasteiger partial charge in [-0.2, -0.15) is 0 Å². The van der Waals surface area contributed by atoms with Crippen molar-refractivity contribution in [3.05, 3.63) is 5.01 Å². The lowest BCUT2D eigenvalue weighted by molar-refractivity contribution is -0.110. The third-order valence-electron chi connectivity index (χ3n) is 2.51. The van der Waals surface area contributed by atoms with E-state index in [0.717, 1.165) is 37.2 Å². The first-order valence-corrected chi connectivity index (χ1v) is 7.03. The Morgan fingerprint density at radius 2 is 2.33 bits per heavy atom. The number of amidine groups is 1. The predicted molar refractivity (Wildman–Crippen MR) is 72.1 cm³/mol. The lowest BCUT2D eigenvalue weighted by Gasteiger charge is -2.05. The average Bonchev–Trinajstić information content (AvgIpc) is 2.65. The molecule has 1 aliphatic heterocycles. The topological polar surface area (TPSA) is 79.3 Å². The molecule has 2 heterocycles. The zero-order valence-corrected chi connectivity index (χ0v) is 11.2. The lowest BCUT2D eigenvalue weighted by atomic mass is 10.3. The summed E-state index contributed by atoms with van der Waals surface area (Å²) in [5, 5.41) is 15.2. The van der Waals surface area contributed by atoms with Crippen LogP contribution in [0.3, 0.4) is 0 Å². The molecule has 0 atom stereocenters. The molecule has 0 saturated carbocycles. The van der Waals surface area contributed by atoms with Gasteiger partial charge >= 0.3 is 0 Å². The van der Waals surface area contributed by atoms with Gasteiger partial charge in [0.05, 0.1) is 0 Å². The van der Waals surface area contributed by atoms with E-state index < -0.39 is 0 Å². The largest absolute Gasteiger partial charge is 0.366 e. The van der Waals surface area contributed by atoms with Crippen LogP contribution in [0, 0.1) is 0 Å². The number of carbonyl (C=O) groups is 1. The number of anilines is 1. The van der Waals surface area contributed by atoms with Crippen molar-refractivity contribution in [1.82, 2.24) is 15.5 Å². The number of aromatic nitrogens is 2. The highest BCUT2D eigenvalue weighted by atomic mass is 32.1. The van der Waals surface area contributed by atoms with E-state index in [0.29, 0.717) is 17.5 Å². The average molecular weight is 267 g/mol. The lowest BCUT2D eigenvalue weighted by Crippen LogP contribution is -2.35. The summed E-state index contributed by atoms with van der Waals surface area (Å²) < 4.78 is 0. The van der Waals surface area contributed by atoms with Crippen LogP contribution in [0.25, 0.3) is 0 Å². The highest BCUT2D eigenvalue weighted by Gasteiger charge is 2.15. The quantitative estimate of drug-likeness (QED) is 0.859. The molecule has 0 fully saturated rings. The van der Waals surface area contributed by atoms with E-state index in [4.69, 9.17) is 0 Å². The van der Waals surface area contributed by atoms with Gasteiger partial charge in [0, 0.05) is 19.5 Å². The fraction of sp³-hybridized carbons (Fsp3) is 0.636. The molecule has 0 saturated heterocycles. The van der Waals surface area contributed by atoms with Gasteiger partial charge in [0.2, 0.25) is 5.13 Å². The van der Waals surface area contributed by atoms with Crippen LogP contribution in [0.5, 0.6) is 0 Å². The number of nitrogens with zero attached hydrogens (tertiary/aromatic N) is 3. The number of nitrogens with one attached hydrogen (secondary N) is 2. The summed E-state index contributed by atoms with van der Waals surface area (Å²) in [7, 11) is 0.